The van der Waals surface area contributed by atoms with Crippen molar-refractivity contribution in [1.82, 2.24) is 4.72 Å². The summed E-state index contributed by atoms with van der Waals surface area (Å²) < 4.78 is 27.6. The van der Waals surface area contributed by atoms with Gasteiger partial charge in [-0.2, -0.15) is 0 Å². The molecule has 0 amide bonds. The molecule has 0 aromatic heterocycles. The Morgan fingerprint density at radius 1 is 1.42 bits per heavy atom. The Bertz CT molecular complexity index is 564. The number of nitrogens with two attached hydrogens (primary N) is 1. The number of nitrogen functional groups attached to an aromatic ring is 1. The van der Waals surface area contributed by atoms with E-state index in [-0.39, 0.29) is 27.1 Å². The minimum absolute atomic E-state index is 0.0145. The fraction of sp³-hybridized carbons (Fsp3) is 0.538. The molecule has 1 aromatic carbocycles. The van der Waals surface area contributed by atoms with Gasteiger partial charge in [0.2, 0.25) is 10.0 Å². The summed E-state index contributed by atoms with van der Waals surface area (Å²) in [6.07, 6.45) is 2.88. The minimum atomic E-state index is -3.68. The van der Waals surface area contributed by atoms with Crippen molar-refractivity contribution in [2.24, 2.45) is 5.41 Å². The summed E-state index contributed by atoms with van der Waals surface area (Å²) in [5.74, 6) is 0. The summed E-state index contributed by atoms with van der Waals surface area (Å²) in [5, 5.41) is 0.156. The molecule has 4 nitrogen and oxygen atoms in total. The number of hydrogen-bond donors (Lipinski definition) is 2. The highest BCUT2D eigenvalue weighted by molar-refractivity contribution is 7.89. The van der Waals surface area contributed by atoms with E-state index >= 15 is 0 Å². The van der Waals surface area contributed by atoms with Crippen LogP contribution < -0.4 is 10.5 Å². The van der Waals surface area contributed by atoms with Crippen LogP contribution in [0.4, 0.5) is 5.69 Å². The lowest BCUT2D eigenvalue weighted by Gasteiger charge is -2.27. The van der Waals surface area contributed by atoms with E-state index in [1.807, 2.05) is 0 Å². The van der Waals surface area contributed by atoms with Gasteiger partial charge in [0.05, 0.1) is 10.7 Å². The molecule has 1 atom stereocenters. The molecule has 19 heavy (non-hydrogen) atoms. The van der Waals surface area contributed by atoms with Gasteiger partial charge in [0.1, 0.15) is 4.90 Å². The molecule has 1 unspecified atom stereocenters. The predicted octanol–water partition coefficient (Wildman–Crippen LogP) is 2.78. The monoisotopic (exact) mass is 302 g/mol. The van der Waals surface area contributed by atoms with Crippen LogP contribution in [0.5, 0.6) is 0 Å². The highest BCUT2D eigenvalue weighted by Gasteiger charge is 2.38. The van der Waals surface area contributed by atoms with Gasteiger partial charge in [-0.1, -0.05) is 37.9 Å². The molecule has 0 saturated heterocycles. The average Bonchev–Trinajstić information content (AvgIpc) is 2.56. The zero-order valence-electron chi connectivity index (χ0n) is 11.1. The second-order valence-corrected chi connectivity index (χ2v) is 7.77. The molecule has 6 heteroatoms. The van der Waals surface area contributed by atoms with Crippen molar-refractivity contribution in [3.8, 4) is 0 Å². The van der Waals surface area contributed by atoms with Crippen molar-refractivity contribution < 1.29 is 8.42 Å². The van der Waals surface area contributed by atoms with Crippen LogP contribution in [0, 0.1) is 5.41 Å². The van der Waals surface area contributed by atoms with E-state index in [1.54, 1.807) is 12.1 Å². The third-order valence-corrected chi connectivity index (χ3v) is 5.84. The van der Waals surface area contributed by atoms with Crippen molar-refractivity contribution in [2.45, 2.75) is 44.0 Å². The number of anilines is 1. The topological polar surface area (TPSA) is 72.2 Å². The fourth-order valence-electron chi connectivity index (χ4n) is 2.60. The van der Waals surface area contributed by atoms with E-state index in [0.29, 0.717) is 0 Å². The molecule has 1 fully saturated rings. The summed E-state index contributed by atoms with van der Waals surface area (Å²) >= 11 is 5.97. The minimum Gasteiger partial charge on any atom is -0.398 e. The van der Waals surface area contributed by atoms with Gasteiger partial charge >= 0.3 is 0 Å². The molecule has 1 aliphatic rings. The van der Waals surface area contributed by atoms with Crippen LogP contribution in [-0.2, 0) is 10.0 Å². The van der Waals surface area contributed by atoms with Crippen LogP contribution in [0.25, 0.3) is 0 Å². The summed E-state index contributed by atoms with van der Waals surface area (Å²) in [4.78, 5) is -0.0145. The van der Waals surface area contributed by atoms with Crippen molar-refractivity contribution >= 4 is 27.3 Å². The Labute approximate surface area is 119 Å². The Morgan fingerprint density at radius 3 is 2.63 bits per heavy atom. The molecule has 0 radical (unpaired) electrons. The molecule has 0 bridgehead atoms. The van der Waals surface area contributed by atoms with Crippen molar-refractivity contribution in [1.29, 1.82) is 0 Å². The van der Waals surface area contributed by atoms with E-state index in [9.17, 15) is 8.42 Å². The summed E-state index contributed by atoms with van der Waals surface area (Å²) in [7, 11) is -3.68. The van der Waals surface area contributed by atoms with Crippen molar-refractivity contribution in [2.75, 3.05) is 5.73 Å². The summed E-state index contributed by atoms with van der Waals surface area (Å²) in [6, 6.07) is 4.64. The number of halogens is 1. The first-order valence-corrected chi connectivity index (χ1v) is 8.16. The van der Waals surface area contributed by atoms with E-state index in [4.69, 9.17) is 17.3 Å². The molecule has 1 aromatic rings. The van der Waals surface area contributed by atoms with Gasteiger partial charge in [0.15, 0.2) is 0 Å². The van der Waals surface area contributed by atoms with Gasteiger partial charge in [-0.05, 0) is 30.4 Å². The maximum atomic E-state index is 12.4. The summed E-state index contributed by atoms with van der Waals surface area (Å²) in [6.45, 7) is 4.15. The number of rotatable bonds is 3. The Morgan fingerprint density at radius 2 is 2.11 bits per heavy atom. The van der Waals surface area contributed by atoms with Gasteiger partial charge in [0.25, 0.3) is 0 Å². The average molecular weight is 303 g/mol. The van der Waals surface area contributed by atoms with E-state index in [0.717, 1.165) is 19.3 Å². The molecular formula is C13H19ClN2O2S. The first-order valence-electron chi connectivity index (χ1n) is 6.30. The second-order valence-electron chi connectivity index (χ2n) is 5.71. The third kappa shape index (κ3) is 2.88. The molecule has 0 spiro atoms. The normalized spacial score (nSPS) is 22.6. The van der Waals surface area contributed by atoms with Crippen LogP contribution in [0.3, 0.4) is 0 Å². The first kappa shape index (κ1) is 14.6. The first-order chi connectivity index (χ1) is 8.74. The van der Waals surface area contributed by atoms with Crippen LogP contribution >= 0.6 is 11.6 Å². The Balaban J connectivity index is 2.34. The van der Waals surface area contributed by atoms with Crippen LogP contribution in [0.2, 0.25) is 5.02 Å². The lowest BCUT2D eigenvalue weighted by atomic mass is 9.88. The smallest absolute Gasteiger partial charge is 0.244 e. The van der Waals surface area contributed by atoms with E-state index in [1.165, 1.54) is 6.07 Å². The standard InChI is InChI=1S/C13H19ClN2O2S/c1-13(2)8-4-7-11(13)16-19(17,18)12-9(14)5-3-6-10(12)15/h3,5-6,11,16H,4,7-8,15H2,1-2H3. The van der Waals surface area contributed by atoms with Crippen LogP contribution in [-0.4, -0.2) is 14.5 Å². The van der Waals surface area contributed by atoms with E-state index < -0.39 is 10.0 Å². The van der Waals surface area contributed by atoms with Gasteiger partial charge in [-0.15, -0.1) is 0 Å². The quantitative estimate of drug-likeness (QED) is 0.843. The van der Waals surface area contributed by atoms with Crippen molar-refractivity contribution in [3.63, 3.8) is 0 Å². The lowest BCUT2D eigenvalue weighted by Crippen LogP contribution is -2.41. The maximum Gasteiger partial charge on any atom is 0.244 e. The van der Waals surface area contributed by atoms with Crippen LogP contribution in [0.15, 0.2) is 23.1 Å². The highest BCUT2D eigenvalue weighted by Crippen LogP contribution is 2.38. The number of nitrogens with one attached hydrogen (secondary N) is 1. The SMILES string of the molecule is CC1(C)CCCC1NS(=O)(=O)c1c(N)cccc1Cl. The van der Waals surface area contributed by atoms with Crippen molar-refractivity contribution in [3.05, 3.63) is 23.2 Å². The fourth-order valence-corrected chi connectivity index (χ4v) is 4.72. The molecule has 0 heterocycles. The predicted molar refractivity (Wildman–Crippen MR) is 77.6 cm³/mol. The van der Waals surface area contributed by atoms with Gasteiger partial charge in [-0.25, -0.2) is 13.1 Å². The van der Waals surface area contributed by atoms with Crippen LogP contribution in [0.1, 0.15) is 33.1 Å². The zero-order chi connectivity index (χ0) is 14.3. The lowest BCUT2D eigenvalue weighted by molar-refractivity contribution is 0.313. The zero-order valence-corrected chi connectivity index (χ0v) is 12.7. The van der Waals surface area contributed by atoms with Gasteiger partial charge in [-0.3, -0.25) is 0 Å². The second kappa shape index (κ2) is 4.96. The molecule has 106 valence electrons. The molecule has 0 aliphatic heterocycles. The summed E-state index contributed by atoms with van der Waals surface area (Å²) in [5.41, 5.74) is 5.88. The number of benzene rings is 1. The Kier molecular flexibility index (Phi) is 3.82. The Hall–Kier alpha value is -0.780. The molecule has 1 saturated carbocycles. The largest absolute Gasteiger partial charge is 0.398 e. The maximum absolute atomic E-state index is 12.4. The molecule has 2 rings (SSSR count). The number of sulfonamides is 1. The highest BCUT2D eigenvalue weighted by atomic mass is 35.5. The molecular weight excluding hydrogens is 284 g/mol. The van der Waals surface area contributed by atoms with E-state index in [2.05, 4.69) is 18.6 Å². The van der Waals surface area contributed by atoms with Gasteiger partial charge in [0, 0.05) is 6.04 Å². The third-order valence-electron chi connectivity index (χ3n) is 3.82. The number of hydrogen-bond acceptors (Lipinski definition) is 3. The van der Waals surface area contributed by atoms with Gasteiger partial charge < -0.3 is 5.73 Å². The molecule has 3 N–H and O–H groups in total. The molecule has 1 aliphatic carbocycles.